The predicted octanol–water partition coefficient (Wildman–Crippen LogP) is 17.9. The second-order valence-corrected chi connectivity index (χ2v) is 17.5. The second-order valence-electron chi connectivity index (χ2n) is 17.5. The van der Waals surface area contributed by atoms with Gasteiger partial charge in [-0.25, -0.2) is 0 Å². The fraction of sp³-hybridized carbons (Fsp3) is 0.0149. The number of anilines is 3. The zero-order valence-corrected chi connectivity index (χ0v) is 37.6. The Balaban J connectivity index is 1.14. The first-order chi connectivity index (χ1) is 33.8. The van der Waals surface area contributed by atoms with Crippen LogP contribution in [0.3, 0.4) is 0 Å². The van der Waals surface area contributed by atoms with Crippen LogP contribution in [0, 0.1) is 0 Å². The summed E-state index contributed by atoms with van der Waals surface area (Å²) in [5.41, 5.74) is 22.0. The molecule has 320 valence electrons. The van der Waals surface area contributed by atoms with E-state index < -0.39 is 5.41 Å². The van der Waals surface area contributed by atoms with Gasteiger partial charge < -0.3 is 4.90 Å². The Labute approximate surface area is 399 Å². The molecule has 11 aromatic rings. The van der Waals surface area contributed by atoms with Gasteiger partial charge in [-0.05, 0) is 90.5 Å². The van der Waals surface area contributed by atoms with Crippen molar-refractivity contribution in [1.82, 2.24) is 0 Å². The number of para-hydroxylation sites is 2. The average Bonchev–Trinajstić information content (AvgIpc) is 3.74. The van der Waals surface area contributed by atoms with Crippen LogP contribution < -0.4 is 4.90 Å². The summed E-state index contributed by atoms with van der Waals surface area (Å²) in [6.07, 6.45) is 0. The Morgan fingerprint density at radius 2 is 0.559 bits per heavy atom. The molecule has 0 saturated heterocycles. The van der Waals surface area contributed by atoms with Gasteiger partial charge >= 0.3 is 0 Å². The van der Waals surface area contributed by atoms with Crippen molar-refractivity contribution in [1.29, 1.82) is 0 Å². The van der Waals surface area contributed by atoms with Crippen LogP contribution >= 0.6 is 0 Å². The van der Waals surface area contributed by atoms with Crippen LogP contribution in [0.2, 0.25) is 0 Å². The highest BCUT2D eigenvalue weighted by molar-refractivity contribution is 6.03. The molecule has 0 amide bonds. The minimum Gasteiger partial charge on any atom is -0.309 e. The molecule has 12 rings (SSSR count). The van der Waals surface area contributed by atoms with E-state index in [-0.39, 0.29) is 0 Å². The number of hydrogen-bond acceptors (Lipinski definition) is 1. The molecule has 1 aliphatic rings. The van der Waals surface area contributed by atoms with Gasteiger partial charge in [-0.2, -0.15) is 0 Å². The van der Waals surface area contributed by atoms with Crippen LogP contribution in [-0.2, 0) is 5.41 Å². The van der Waals surface area contributed by atoms with E-state index in [1.807, 2.05) is 0 Å². The zero-order chi connectivity index (χ0) is 45.3. The Bertz CT molecular complexity index is 3500. The van der Waals surface area contributed by atoms with Crippen molar-refractivity contribution in [3.8, 4) is 66.8 Å². The summed E-state index contributed by atoms with van der Waals surface area (Å²) in [5, 5.41) is 0. The lowest BCUT2D eigenvalue weighted by Gasteiger charge is -2.35. The Kier molecular flexibility index (Phi) is 10.5. The molecule has 11 aromatic carbocycles. The van der Waals surface area contributed by atoms with Crippen LogP contribution in [0.1, 0.15) is 22.3 Å². The first kappa shape index (κ1) is 40.7. The molecule has 0 N–H and O–H groups in total. The van der Waals surface area contributed by atoms with Crippen molar-refractivity contribution >= 4 is 17.1 Å². The van der Waals surface area contributed by atoms with Crippen molar-refractivity contribution in [2.45, 2.75) is 5.41 Å². The molecule has 1 heteroatoms. The molecule has 1 aliphatic carbocycles. The molecule has 0 aliphatic heterocycles. The van der Waals surface area contributed by atoms with Crippen molar-refractivity contribution in [2.24, 2.45) is 0 Å². The molecule has 0 atom stereocenters. The summed E-state index contributed by atoms with van der Waals surface area (Å²) in [6.45, 7) is 0. The lowest BCUT2D eigenvalue weighted by atomic mass is 9.68. The van der Waals surface area contributed by atoms with E-state index in [1.165, 1.54) is 66.8 Å². The van der Waals surface area contributed by atoms with Crippen molar-refractivity contribution in [3.05, 3.63) is 307 Å². The molecule has 0 heterocycles. The zero-order valence-electron chi connectivity index (χ0n) is 37.6. The lowest BCUT2D eigenvalue weighted by molar-refractivity contribution is 0.768. The molecule has 0 unspecified atom stereocenters. The maximum atomic E-state index is 2.55. The predicted molar refractivity (Wildman–Crippen MR) is 286 cm³/mol. The van der Waals surface area contributed by atoms with Gasteiger partial charge in [-0.15, -0.1) is 0 Å². The van der Waals surface area contributed by atoms with E-state index in [9.17, 15) is 0 Å². The van der Waals surface area contributed by atoms with Crippen LogP contribution in [0.15, 0.2) is 285 Å². The maximum Gasteiger partial charge on any atom is 0.0714 e. The minimum atomic E-state index is -0.559. The number of hydrogen-bond donors (Lipinski definition) is 0. The molecule has 0 spiro atoms. The van der Waals surface area contributed by atoms with Gasteiger partial charge in [-0.1, -0.05) is 267 Å². The van der Waals surface area contributed by atoms with Gasteiger partial charge in [0.2, 0.25) is 0 Å². The highest BCUT2D eigenvalue weighted by atomic mass is 15.2. The van der Waals surface area contributed by atoms with Gasteiger partial charge in [-0.3, -0.25) is 0 Å². The first-order valence-electron chi connectivity index (χ1n) is 23.5. The van der Waals surface area contributed by atoms with E-state index >= 15 is 0 Å². The van der Waals surface area contributed by atoms with Crippen molar-refractivity contribution in [2.75, 3.05) is 4.90 Å². The normalized spacial score (nSPS) is 12.2. The summed E-state index contributed by atoms with van der Waals surface area (Å²) in [4.78, 5) is 2.55. The van der Waals surface area contributed by atoms with Crippen molar-refractivity contribution < 1.29 is 0 Å². The van der Waals surface area contributed by atoms with Crippen LogP contribution in [0.25, 0.3) is 66.8 Å². The highest BCUT2D eigenvalue weighted by Crippen LogP contribution is 2.60. The molecular formula is C67H47N. The van der Waals surface area contributed by atoms with Crippen LogP contribution in [0.4, 0.5) is 17.1 Å². The summed E-state index contributed by atoms with van der Waals surface area (Å²) in [6, 6.07) is 104. The van der Waals surface area contributed by atoms with Crippen LogP contribution in [0.5, 0.6) is 0 Å². The lowest BCUT2D eigenvalue weighted by Crippen LogP contribution is -2.28. The third-order valence-corrected chi connectivity index (χ3v) is 13.8. The van der Waals surface area contributed by atoms with E-state index in [1.54, 1.807) is 0 Å². The van der Waals surface area contributed by atoms with Gasteiger partial charge in [0, 0.05) is 16.7 Å². The monoisotopic (exact) mass is 865 g/mol. The average molecular weight is 866 g/mol. The summed E-state index contributed by atoms with van der Waals surface area (Å²) >= 11 is 0. The number of nitrogens with zero attached hydrogens (tertiary/aromatic N) is 1. The maximum absolute atomic E-state index is 2.55. The quantitative estimate of drug-likeness (QED) is 0.132. The Hall–Kier alpha value is -8.78. The van der Waals surface area contributed by atoms with Gasteiger partial charge in [0.25, 0.3) is 0 Å². The van der Waals surface area contributed by atoms with E-state index in [2.05, 4.69) is 290 Å². The van der Waals surface area contributed by atoms with Crippen molar-refractivity contribution in [3.63, 3.8) is 0 Å². The van der Waals surface area contributed by atoms with E-state index in [0.29, 0.717) is 0 Å². The fourth-order valence-corrected chi connectivity index (χ4v) is 10.9. The second kappa shape index (κ2) is 17.5. The Morgan fingerprint density at radius 1 is 0.206 bits per heavy atom. The molecule has 0 radical (unpaired) electrons. The van der Waals surface area contributed by atoms with E-state index in [0.717, 1.165) is 39.3 Å². The molecule has 0 aromatic heterocycles. The topological polar surface area (TPSA) is 3.24 Å². The largest absolute Gasteiger partial charge is 0.309 e. The summed E-state index contributed by atoms with van der Waals surface area (Å²) < 4.78 is 0. The van der Waals surface area contributed by atoms with Gasteiger partial charge in [0.15, 0.2) is 0 Å². The molecule has 68 heavy (non-hydrogen) atoms. The van der Waals surface area contributed by atoms with Crippen LogP contribution in [-0.4, -0.2) is 0 Å². The third-order valence-electron chi connectivity index (χ3n) is 13.8. The molecule has 1 nitrogen and oxygen atoms in total. The van der Waals surface area contributed by atoms with E-state index in [4.69, 9.17) is 0 Å². The molecule has 0 saturated carbocycles. The first-order valence-corrected chi connectivity index (χ1v) is 23.5. The summed E-state index contributed by atoms with van der Waals surface area (Å²) in [7, 11) is 0. The number of rotatable bonds is 10. The summed E-state index contributed by atoms with van der Waals surface area (Å²) in [5.74, 6) is 0. The standard InChI is InChI=1S/C67H47N/c1-5-24-48(25-6-1)49-44-46-51(47-45-49)55-33-18-21-41-63(55)68(64-42-22-19-37-59(64)58-36-16-15-35-57(58)56-34-14-13-32-54(56)50-26-7-2-8-27-50)65-43-23-40-62-66(65)60-38-17-20-39-61(60)67(62,52-28-9-3-10-29-52)53-30-11-4-12-31-53/h1-47H. The Morgan fingerprint density at radius 3 is 1.16 bits per heavy atom. The highest BCUT2D eigenvalue weighted by Gasteiger charge is 2.47. The third kappa shape index (κ3) is 6.87. The minimum absolute atomic E-state index is 0.559. The smallest absolute Gasteiger partial charge is 0.0714 e. The van der Waals surface area contributed by atoms with Gasteiger partial charge in [0.05, 0.1) is 22.5 Å². The SMILES string of the molecule is c1ccc(-c2ccc(-c3ccccc3N(c3ccccc3-c3ccccc3-c3ccccc3-c3ccccc3)c3cccc4c3-c3ccccc3C4(c3ccccc3)c3ccccc3)cc2)cc1. The molecule has 0 fully saturated rings. The van der Waals surface area contributed by atoms with Gasteiger partial charge in [0.1, 0.15) is 0 Å². The number of fused-ring (bicyclic) bond motifs is 3. The fourth-order valence-electron chi connectivity index (χ4n) is 10.9. The molecule has 0 bridgehead atoms. The molecular weight excluding hydrogens is 819 g/mol. The number of benzene rings is 11.